The molecule has 0 amide bonds. The van der Waals surface area contributed by atoms with Gasteiger partial charge in [-0.15, -0.1) is 12.4 Å². The fourth-order valence-corrected chi connectivity index (χ4v) is 2.12. The maximum Gasteiger partial charge on any atom is 2.00 e. The fraction of sp³-hybridized carbons (Fsp3) is 0.0556. The SMILES string of the molecule is COc1ccc2c(=O)c(/C=N/N=C(\[O-])c3ccccc3)coc2c1.Cl.[Cu+2].[OH-]. The summed E-state index contributed by atoms with van der Waals surface area (Å²) in [7, 11) is 1.53. The number of halogens is 1. The molecule has 145 valence electrons. The Morgan fingerprint density at radius 3 is 2.56 bits per heavy atom. The zero-order valence-electron chi connectivity index (χ0n) is 14.0. The van der Waals surface area contributed by atoms with E-state index in [4.69, 9.17) is 9.15 Å². The van der Waals surface area contributed by atoms with Crippen molar-refractivity contribution >= 4 is 35.5 Å². The van der Waals surface area contributed by atoms with Crippen LogP contribution in [0.4, 0.5) is 0 Å². The zero-order valence-corrected chi connectivity index (χ0v) is 15.7. The number of fused-ring (bicyclic) bond motifs is 1. The molecule has 1 heterocycles. The number of ether oxygens (including phenoxy) is 1. The van der Waals surface area contributed by atoms with E-state index in [0.29, 0.717) is 22.3 Å². The van der Waals surface area contributed by atoms with Crippen LogP contribution in [0.1, 0.15) is 11.1 Å². The smallest absolute Gasteiger partial charge is 0.870 e. The van der Waals surface area contributed by atoms with E-state index < -0.39 is 5.90 Å². The van der Waals surface area contributed by atoms with E-state index in [-0.39, 0.29) is 45.9 Å². The quantitative estimate of drug-likeness (QED) is 0.268. The normalized spacial score (nSPS) is 10.6. The summed E-state index contributed by atoms with van der Waals surface area (Å²) in [5.41, 5.74) is 0.781. The van der Waals surface area contributed by atoms with Gasteiger partial charge in [-0.1, -0.05) is 30.3 Å². The third-order valence-corrected chi connectivity index (χ3v) is 3.37. The predicted molar refractivity (Wildman–Crippen MR) is 98.8 cm³/mol. The average Bonchev–Trinajstić information content (AvgIpc) is 2.64. The van der Waals surface area contributed by atoms with Gasteiger partial charge in [-0.3, -0.25) is 4.79 Å². The first-order valence-electron chi connectivity index (χ1n) is 7.12. The molecule has 1 N–H and O–H groups in total. The molecular formula is C18H15ClCuN2O5. The molecule has 0 saturated heterocycles. The Kier molecular flexibility index (Phi) is 10.1. The molecule has 0 unspecified atom stereocenters. The van der Waals surface area contributed by atoms with Crippen molar-refractivity contribution in [2.24, 2.45) is 10.2 Å². The molecule has 3 aromatic rings. The second-order valence-electron chi connectivity index (χ2n) is 4.90. The summed E-state index contributed by atoms with van der Waals surface area (Å²) in [5, 5.41) is 19.5. The number of hydrogen-bond acceptors (Lipinski definition) is 7. The first-order valence-corrected chi connectivity index (χ1v) is 7.12. The van der Waals surface area contributed by atoms with Gasteiger partial charge in [0.05, 0.1) is 24.3 Å². The van der Waals surface area contributed by atoms with Gasteiger partial charge in [0.2, 0.25) is 5.43 Å². The molecule has 0 aliphatic rings. The van der Waals surface area contributed by atoms with Crippen LogP contribution in [0.25, 0.3) is 11.0 Å². The Morgan fingerprint density at radius 1 is 1.19 bits per heavy atom. The first-order chi connectivity index (χ1) is 11.7. The van der Waals surface area contributed by atoms with Crippen LogP contribution in [0, 0.1) is 0 Å². The Hall–Kier alpha value is -2.64. The maximum absolute atomic E-state index is 12.4. The molecule has 0 atom stereocenters. The average molecular weight is 438 g/mol. The molecule has 0 bridgehead atoms. The van der Waals surface area contributed by atoms with Gasteiger partial charge in [0.1, 0.15) is 17.6 Å². The van der Waals surface area contributed by atoms with Gasteiger partial charge in [-0.2, -0.15) is 10.2 Å². The third kappa shape index (κ3) is 5.67. The van der Waals surface area contributed by atoms with Crippen LogP contribution >= 0.6 is 12.4 Å². The van der Waals surface area contributed by atoms with E-state index in [1.54, 1.807) is 48.5 Å². The molecule has 9 heteroatoms. The largest absolute Gasteiger partial charge is 2.00 e. The molecule has 1 radical (unpaired) electrons. The van der Waals surface area contributed by atoms with Gasteiger partial charge in [0.25, 0.3) is 0 Å². The van der Waals surface area contributed by atoms with Crippen molar-refractivity contribution in [3.63, 3.8) is 0 Å². The summed E-state index contributed by atoms with van der Waals surface area (Å²) >= 11 is 0. The fourth-order valence-electron chi connectivity index (χ4n) is 2.12. The molecule has 27 heavy (non-hydrogen) atoms. The van der Waals surface area contributed by atoms with Crippen LogP contribution in [0.2, 0.25) is 0 Å². The number of nitrogens with zero attached hydrogens (tertiary/aromatic N) is 2. The van der Waals surface area contributed by atoms with E-state index in [9.17, 15) is 9.90 Å². The first kappa shape index (κ1) is 24.4. The van der Waals surface area contributed by atoms with Gasteiger partial charge in [-0.25, -0.2) is 0 Å². The molecule has 2 aromatic carbocycles. The summed E-state index contributed by atoms with van der Waals surface area (Å²) in [6.45, 7) is 0. The summed E-state index contributed by atoms with van der Waals surface area (Å²) in [4.78, 5) is 12.4. The van der Waals surface area contributed by atoms with Gasteiger partial charge in [0.15, 0.2) is 0 Å². The van der Waals surface area contributed by atoms with Crippen molar-refractivity contribution in [2.75, 3.05) is 7.11 Å². The van der Waals surface area contributed by atoms with Crippen molar-refractivity contribution < 1.29 is 36.8 Å². The van der Waals surface area contributed by atoms with Crippen molar-refractivity contribution in [1.29, 1.82) is 0 Å². The number of benzene rings is 2. The van der Waals surface area contributed by atoms with E-state index in [1.165, 1.54) is 19.6 Å². The van der Waals surface area contributed by atoms with Gasteiger partial charge in [0, 0.05) is 12.0 Å². The van der Waals surface area contributed by atoms with Gasteiger partial charge >= 0.3 is 17.1 Å². The minimum Gasteiger partial charge on any atom is -0.870 e. The van der Waals surface area contributed by atoms with Crippen molar-refractivity contribution in [3.8, 4) is 5.75 Å². The van der Waals surface area contributed by atoms with E-state index in [2.05, 4.69) is 10.2 Å². The number of hydrogen-bond donors (Lipinski definition) is 0. The summed E-state index contributed by atoms with van der Waals surface area (Å²) in [5.74, 6) is 0.109. The minimum atomic E-state index is -0.484. The molecule has 1 aromatic heterocycles. The Labute approximate surface area is 171 Å². The van der Waals surface area contributed by atoms with E-state index >= 15 is 0 Å². The molecule has 7 nitrogen and oxygen atoms in total. The maximum atomic E-state index is 12.4. The molecule has 0 saturated carbocycles. The van der Waals surface area contributed by atoms with Crippen molar-refractivity contribution in [3.05, 3.63) is 76.1 Å². The summed E-state index contributed by atoms with van der Waals surface area (Å²) < 4.78 is 10.5. The monoisotopic (exact) mass is 437 g/mol. The molecule has 0 aliphatic carbocycles. The minimum absolute atomic E-state index is 0. The van der Waals surface area contributed by atoms with E-state index in [0.717, 1.165) is 0 Å². The summed E-state index contributed by atoms with van der Waals surface area (Å²) in [6.07, 6.45) is 2.48. The Bertz CT molecular complexity index is 990. The second-order valence-corrected chi connectivity index (χ2v) is 4.90. The molecule has 3 rings (SSSR count). The zero-order chi connectivity index (χ0) is 16.9. The van der Waals surface area contributed by atoms with Crippen LogP contribution in [0.5, 0.6) is 5.75 Å². The molecule has 0 aliphatic heterocycles. The molecular weight excluding hydrogens is 423 g/mol. The summed E-state index contributed by atoms with van der Waals surface area (Å²) in [6, 6.07) is 13.5. The number of methoxy groups -OCH3 is 1. The van der Waals surface area contributed by atoms with Crippen LogP contribution in [-0.2, 0) is 17.1 Å². The Balaban J connectivity index is 0.00000225. The van der Waals surface area contributed by atoms with Crippen LogP contribution in [0.15, 0.2) is 74.2 Å². The van der Waals surface area contributed by atoms with Crippen LogP contribution < -0.4 is 15.3 Å². The van der Waals surface area contributed by atoms with Crippen molar-refractivity contribution in [2.45, 2.75) is 0 Å². The third-order valence-electron chi connectivity index (χ3n) is 3.37. The van der Waals surface area contributed by atoms with Crippen LogP contribution in [0.3, 0.4) is 0 Å². The number of rotatable bonds is 4. The molecule has 0 spiro atoms. The molecule has 0 fully saturated rings. The van der Waals surface area contributed by atoms with Crippen LogP contribution in [-0.4, -0.2) is 24.7 Å². The Morgan fingerprint density at radius 2 is 1.89 bits per heavy atom. The second kappa shape index (κ2) is 11.2. The standard InChI is InChI=1S/C18H14N2O4.ClH.Cu.H2O/c1-23-14-7-8-15-16(9-14)24-11-13(17(15)21)10-19-20-18(22)12-5-3-2-4-6-12;;;/h2-11H,1H3,(H,20,22);1H;;1H2/q;;+2;/p-2/b19-10+;;;. The van der Waals surface area contributed by atoms with Gasteiger partial charge in [-0.05, 0) is 17.7 Å². The van der Waals surface area contributed by atoms with Gasteiger partial charge < -0.3 is 19.7 Å². The van der Waals surface area contributed by atoms with Crippen molar-refractivity contribution in [1.82, 2.24) is 0 Å². The predicted octanol–water partition coefficient (Wildman–Crippen LogP) is 2.19. The van der Waals surface area contributed by atoms with E-state index in [1.807, 2.05) is 0 Å². The topological polar surface area (TPSA) is 117 Å².